The van der Waals surface area contributed by atoms with E-state index < -0.39 is 0 Å². The van der Waals surface area contributed by atoms with Crippen LogP contribution in [0.5, 0.6) is 0 Å². The summed E-state index contributed by atoms with van der Waals surface area (Å²) >= 11 is 0. The molecule has 0 spiro atoms. The van der Waals surface area contributed by atoms with Crippen LogP contribution in [0.15, 0.2) is 0 Å². The summed E-state index contributed by atoms with van der Waals surface area (Å²) in [4.78, 5) is 11.2. The van der Waals surface area contributed by atoms with Crippen molar-refractivity contribution in [2.45, 2.75) is 44.6 Å². The molecule has 1 amide bonds. The maximum absolute atomic E-state index is 11.2. The monoisotopic (exact) mass is 215 g/mol. The Morgan fingerprint density at radius 3 is 2.53 bits per heavy atom. The fourth-order valence-corrected chi connectivity index (χ4v) is 1.94. The molecule has 0 aliphatic heterocycles. The maximum atomic E-state index is 11.2. The number of aliphatic hydroxyl groups is 2. The summed E-state index contributed by atoms with van der Waals surface area (Å²) < 4.78 is 0. The smallest absolute Gasteiger partial charge is 0.220 e. The van der Waals surface area contributed by atoms with Crippen LogP contribution < -0.4 is 5.32 Å². The molecular weight excluding hydrogens is 194 g/mol. The van der Waals surface area contributed by atoms with E-state index in [0.29, 0.717) is 18.8 Å². The molecule has 0 aromatic rings. The fourth-order valence-electron chi connectivity index (χ4n) is 1.94. The Kier molecular flexibility index (Phi) is 5.65. The number of nitrogens with one attached hydrogen (secondary N) is 1. The topological polar surface area (TPSA) is 69.6 Å². The van der Waals surface area contributed by atoms with Crippen LogP contribution in [-0.4, -0.2) is 35.4 Å². The van der Waals surface area contributed by atoms with Crippen LogP contribution >= 0.6 is 0 Å². The minimum absolute atomic E-state index is 0.0233. The van der Waals surface area contributed by atoms with Crippen molar-refractivity contribution in [2.24, 2.45) is 5.92 Å². The van der Waals surface area contributed by atoms with Gasteiger partial charge in [-0.1, -0.05) is 0 Å². The van der Waals surface area contributed by atoms with E-state index in [0.717, 1.165) is 32.2 Å². The summed E-state index contributed by atoms with van der Waals surface area (Å²) in [5, 5.41) is 20.7. The highest BCUT2D eigenvalue weighted by atomic mass is 16.3. The first-order valence-corrected chi connectivity index (χ1v) is 5.78. The Morgan fingerprint density at radius 2 is 1.93 bits per heavy atom. The molecule has 1 aliphatic rings. The first kappa shape index (κ1) is 12.5. The van der Waals surface area contributed by atoms with Crippen molar-refractivity contribution in [1.29, 1.82) is 0 Å². The first-order chi connectivity index (χ1) is 7.22. The lowest BCUT2D eigenvalue weighted by Gasteiger charge is -2.25. The molecule has 1 fully saturated rings. The number of hydrogen-bond acceptors (Lipinski definition) is 3. The van der Waals surface area contributed by atoms with Gasteiger partial charge >= 0.3 is 0 Å². The molecule has 0 saturated heterocycles. The number of rotatable bonds is 5. The van der Waals surface area contributed by atoms with Gasteiger partial charge in [0.05, 0.1) is 6.10 Å². The Morgan fingerprint density at radius 1 is 1.27 bits per heavy atom. The Bertz CT molecular complexity index is 188. The molecule has 4 nitrogen and oxygen atoms in total. The van der Waals surface area contributed by atoms with Gasteiger partial charge in [-0.15, -0.1) is 0 Å². The molecule has 0 unspecified atom stereocenters. The van der Waals surface area contributed by atoms with Crippen molar-refractivity contribution < 1.29 is 15.0 Å². The second-order valence-electron chi connectivity index (χ2n) is 4.31. The highest BCUT2D eigenvalue weighted by molar-refractivity contribution is 5.75. The molecule has 0 atom stereocenters. The van der Waals surface area contributed by atoms with Gasteiger partial charge in [-0.05, 0) is 38.0 Å². The molecule has 0 aromatic carbocycles. The van der Waals surface area contributed by atoms with Gasteiger partial charge < -0.3 is 15.5 Å². The largest absolute Gasteiger partial charge is 0.396 e. The second kappa shape index (κ2) is 6.80. The van der Waals surface area contributed by atoms with E-state index in [1.807, 2.05) is 0 Å². The van der Waals surface area contributed by atoms with Crippen LogP contribution in [0, 0.1) is 5.92 Å². The molecule has 0 bridgehead atoms. The summed E-state index contributed by atoms with van der Waals surface area (Å²) in [5.41, 5.74) is 0. The molecule has 0 aromatic heterocycles. The van der Waals surface area contributed by atoms with E-state index in [1.165, 1.54) is 0 Å². The van der Waals surface area contributed by atoms with Gasteiger partial charge in [0.1, 0.15) is 0 Å². The third kappa shape index (κ3) is 5.14. The Balaban J connectivity index is 2.06. The Labute approximate surface area is 90.7 Å². The fraction of sp³-hybridized carbons (Fsp3) is 0.909. The van der Waals surface area contributed by atoms with Crippen LogP contribution in [0.2, 0.25) is 0 Å². The third-order valence-corrected chi connectivity index (χ3v) is 2.97. The number of carbonyl (C=O) groups excluding carboxylic acids is 1. The van der Waals surface area contributed by atoms with Crippen LogP contribution in [0.25, 0.3) is 0 Å². The van der Waals surface area contributed by atoms with E-state index in [-0.39, 0.29) is 18.6 Å². The van der Waals surface area contributed by atoms with Crippen LogP contribution in [0.3, 0.4) is 0 Å². The lowest BCUT2D eigenvalue weighted by molar-refractivity contribution is -0.121. The molecular formula is C11H21NO3. The summed E-state index contributed by atoms with van der Waals surface area (Å²) in [6, 6.07) is 0. The number of aliphatic hydroxyl groups excluding tert-OH is 2. The van der Waals surface area contributed by atoms with Gasteiger partial charge in [-0.2, -0.15) is 0 Å². The highest BCUT2D eigenvalue weighted by Crippen LogP contribution is 2.23. The zero-order valence-electron chi connectivity index (χ0n) is 9.11. The lowest BCUT2D eigenvalue weighted by atomic mass is 9.87. The van der Waals surface area contributed by atoms with Crippen LogP contribution in [0.4, 0.5) is 0 Å². The zero-order chi connectivity index (χ0) is 11.1. The minimum atomic E-state index is -0.133. The molecule has 15 heavy (non-hydrogen) atoms. The zero-order valence-corrected chi connectivity index (χ0v) is 9.11. The first-order valence-electron chi connectivity index (χ1n) is 5.78. The van der Waals surface area contributed by atoms with Gasteiger partial charge in [0, 0.05) is 19.6 Å². The van der Waals surface area contributed by atoms with Gasteiger partial charge in [0.25, 0.3) is 0 Å². The number of amides is 1. The van der Waals surface area contributed by atoms with Gasteiger partial charge in [-0.3, -0.25) is 4.79 Å². The molecule has 0 radical (unpaired) electrons. The highest BCUT2D eigenvalue weighted by Gasteiger charge is 2.19. The van der Waals surface area contributed by atoms with Gasteiger partial charge in [-0.25, -0.2) is 0 Å². The Hall–Kier alpha value is -0.610. The number of hydrogen-bond donors (Lipinski definition) is 3. The number of carbonyl (C=O) groups is 1. The van der Waals surface area contributed by atoms with E-state index in [1.54, 1.807) is 0 Å². The second-order valence-corrected chi connectivity index (χ2v) is 4.31. The summed E-state index contributed by atoms with van der Waals surface area (Å²) in [6.45, 7) is 0.792. The van der Waals surface area contributed by atoms with Crippen molar-refractivity contribution in [3.63, 3.8) is 0 Å². The van der Waals surface area contributed by atoms with Crippen molar-refractivity contribution in [1.82, 2.24) is 5.32 Å². The summed E-state index contributed by atoms with van der Waals surface area (Å²) in [5.74, 6) is 0.543. The molecule has 4 heteroatoms. The molecule has 3 N–H and O–H groups in total. The van der Waals surface area contributed by atoms with E-state index >= 15 is 0 Å². The SMILES string of the molecule is O=C(CCCO)NCC1CCC(O)CC1. The quantitative estimate of drug-likeness (QED) is 0.622. The van der Waals surface area contributed by atoms with Crippen molar-refractivity contribution >= 4 is 5.91 Å². The molecule has 1 saturated carbocycles. The molecule has 1 aliphatic carbocycles. The van der Waals surface area contributed by atoms with E-state index in [9.17, 15) is 9.90 Å². The standard InChI is InChI=1S/C11H21NO3/c13-7-1-2-11(15)12-8-9-3-5-10(14)6-4-9/h9-10,13-14H,1-8H2,(H,12,15). The normalized spacial score (nSPS) is 26.3. The molecule has 88 valence electrons. The van der Waals surface area contributed by atoms with Crippen LogP contribution in [-0.2, 0) is 4.79 Å². The summed E-state index contributed by atoms with van der Waals surface area (Å²) in [6.07, 6.45) is 4.53. The lowest BCUT2D eigenvalue weighted by Crippen LogP contribution is -2.32. The predicted octanol–water partition coefficient (Wildman–Crippen LogP) is 0.426. The summed E-state index contributed by atoms with van der Waals surface area (Å²) in [7, 11) is 0. The minimum Gasteiger partial charge on any atom is -0.396 e. The van der Waals surface area contributed by atoms with E-state index in [2.05, 4.69) is 5.32 Å². The average Bonchev–Trinajstić information content (AvgIpc) is 2.25. The molecule has 1 rings (SSSR count). The molecule has 0 heterocycles. The van der Waals surface area contributed by atoms with Crippen molar-refractivity contribution in [2.75, 3.05) is 13.2 Å². The van der Waals surface area contributed by atoms with Gasteiger partial charge in [0.2, 0.25) is 5.91 Å². The predicted molar refractivity (Wildman–Crippen MR) is 57.3 cm³/mol. The van der Waals surface area contributed by atoms with Crippen molar-refractivity contribution in [3.8, 4) is 0 Å². The average molecular weight is 215 g/mol. The van der Waals surface area contributed by atoms with Gasteiger partial charge in [0.15, 0.2) is 0 Å². The van der Waals surface area contributed by atoms with Crippen molar-refractivity contribution in [3.05, 3.63) is 0 Å². The van der Waals surface area contributed by atoms with E-state index in [4.69, 9.17) is 5.11 Å². The van der Waals surface area contributed by atoms with Crippen LogP contribution in [0.1, 0.15) is 38.5 Å². The third-order valence-electron chi connectivity index (χ3n) is 2.97. The maximum Gasteiger partial charge on any atom is 0.220 e.